The normalized spacial score (nSPS) is 12.5. The van der Waals surface area contributed by atoms with E-state index in [1.807, 2.05) is 0 Å². The largest absolute Gasteiger partial charge is 0.505 e. The van der Waals surface area contributed by atoms with E-state index in [9.17, 15) is 36.6 Å². The topological polar surface area (TPSA) is 272 Å². The van der Waals surface area contributed by atoms with Gasteiger partial charge in [-0.3, -0.25) is 19.2 Å². The maximum atomic E-state index is 12.4. The summed E-state index contributed by atoms with van der Waals surface area (Å²) in [6.07, 6.45) is 0. The molecule has 5 rings (SSSR count). The van der Waals surface area contributed by atoms with Crippen molar-refractivity contribution in [1.29, 1.82) is 0 Å². The van der Waals surface area contributed by atoms with Crippen LogP contribution < -0.4 is 5.73 Å². The van der Waals surface area contributed by atoms with Crippen molar-refractivity contribution in [3.63, 3.8) is 0 Å². The second-order valence-electron chi connectivity index (χ2n) is 9.50. The fourth-order valence-corrected chi connectivity index (χ4v) is 5.20. The first-order valence-electron chi connectivity index (χ1n) is 12.9. The van der Waals surface area contributed by atoms with E-state index in [0.717, 1.165) is 18.2 Å². The zero-order valence-electron chi connectivity index (χ0n) is 23.5. The minimum atomic E-state index is -4.98. The standard InChI is InChI=1S/C28H20N8O9S2/c29-24-14-13-22-23(26(24)34-32-18-5-9-20(10-6-18)36(38)39)15-25(47(43,44)45)27(28(22)37)35-33-17-3-1-16(2-4-17)30-31-19-7-11-21(12-8-19)46(40,41)42/h1-15,37H,29H2,(H,40,41,42)(H,43,44,45). The Bertz CT molecular complexity index is 2330. The monoisotopic (exact) mass is 676 g/mol. The molecule has 0 aliphatic heterocycles. The number of nitro benzene ring substituents is 1. The van der Waals surface area contributed by atoms with E-state index >= 15 is 0 Å². The van der Waals surface area contributed by atoms with Crippen LogP contribution in [0.1, 0.15) is 0 Å². The van der Waals surface area contributed by atoms with Crippen LogP contribution in [0.4, 0.5) is 45.5 Å². The maximum Gasteiger partial charge on any atom is 0.296 e. The third-order valence-electron chi connectivity index (χ3n) is 6.37. The molecule has 0 aliphatic rings. The van der Waals surface area contributed by atoms with Gasteiger partial charge in [-0.05, 0) is 78.9 Å². The molecule has 0 amide bonds. The average Bonchev–Trinajstić information content (AvgIpc) is 3.02. The lowest BCUT2D eigenvalue weighted by molar-refractivity contribution is -0.384. The average molecular weight is 677 g/mol. The van der Waals surface area contributed by atoms with Gasteiger partial charge in [-0.15, -0.1) is 10.2 Å². The highest BCUT2D eigenvalue weighted by Gasteiger charge is 2.24. The highest BCUT2D eigenvalue weighted by Crippen LogP contribution is 2.46. The molecule has 0 aromatic heterocycles. The predicted octanol–water partition coefficient (Wildman–Crippen LogP) is 7.78. The highest BCUT2D eigenvalue weighted by atomic mass is 32.2. The Morgan fingerprint density at radius 1 is 0.596 bits per heavy atom. The van der Waals surface area contributed by atoms with Crippen molar-refractivity contribution >= 4 is 76.5 Å². The third kappa shape index (κ3) is 7.45. The summed E-state index contributed by atoms with van der Waals surface area (Å²) in [4.78, 5) is 9.22. The molecule has 17 nitrogen and oxygen atoms in total. The third-order valence-corrected chi connectivity index (χ3v) is 8.11. The van der Waals surface area contributed by atoms with Gasteiger partial charge in [-0.1, -0.05) is 0 Å². The number of hydrogen-bond donors (Lipinski definition) is 4. The quantitative estimate of drug-likeness (QED) is 0.0386. The number of nitrogens with two attached hydrogens (primary N) is 1. The van der Waals surface area contributed by atoms with Gasteiger partial charge >= 0.3 is 0 Å². The van der Waals surface area contributed by atoms with Crippen LogP contribution in [-0.4, -0.2) is 36.0 Å². The zero-order chi connectivity index (χ0) is 33.9. The zero-order valence-corrected chi connectivity index (χ0v) is 25.1. The summed E-state index contributed by atoms with van der Waals surface area (Å²) in [7, 11) is -9.32. The molecule has 0 heterocycles. The lowest BCUT2D eigenvalue weighted by Gasteiger charge is -2.11. The van der Waals surface area contributed by atoms with Gasteiger partial charge in [0.2, 0.25) is 0 Å². The number of hydrogen-bond acceptors (Lipinski definition) is 14. The molecule has 19 heteroatoms. The Morgan fingerprint density at radius 3 is 1.51 bits per heavy atom. The molecule has 0 saturated heterocycles. The number of benzene rings is 5. The first-order chi connectivity index (χ1) is 22.2. The molecule has 5 aromatic carbocycles. The number of nitro groups is 1. The molecule has 0 radical (unpaired) electrons. The van der Waals surface area contributed by atoms with Gasteiger partial charge in [0, 0.05) is 22.9 Å². The minimum absolute atomic E-state index is 0.00192. The molecule has 0 fully saturated rings. The predicted molar refractivity (Wildman–Crippen MR) is 168 cm³/mol. The first kappa shape index (κ1) is 32.4. The smallest absolute Gasteiger partial charge is 0.296 e. The van der Waals surface area contributed by atoms with Gasteiger partial charge in [-0.2, -0.15) is 37.3 Å². The number of fused-ring (bicyclic) bond motifs is 1. The first-order valence-corrected chi connectivity index (χ1v) is 15.8. The van der Waals surface area contributed by atoms with Crippen LogP contribution in [-0.2, 0) is 20.2 Å². The Hall–Kier alpha value is -6.02. The SMILES string of the molecule is Nc1ccc2c(O)c(N=Nc3ccc(N=Nc4ccc(S(=O)(=O)O)cc4)cc3)c(S(=O)(=O)O)cc2c1N=Nc1ccc([N+](=O)[O-])cc1. The van der Waals surface area contributed by atoms with Gasteiger partial charge in [0.1, 0.15) is 16.3 Å². The van der Waals surface area contributed by atoms with Crippen molar-refractivity contribution < 1.29 is 36.0 Å². The van der Waals surface area contributed by atoms with Gasteiger partial charge in [-0.25, -0.2) is 0 Å². The number of aromatic hydroxyl groups is 1. The Labute approximate surface area is 265 Å². The molecule has 238 valence electrons. The van der Waals surface area contributed by atoms with Crippen LogP contribution in [0.5, 0.6) is 5.75 Å². The highest BCUT2D eigenvalue weighted by molar-refractivity contribution is 7.86. The van der Waals surface area contributed by atoms with Crippen molar-refractivity contribution in [2.24, 2.45) is 30.7 Å². The van der Waals surface area contributed by atoms with E-state index in [2.05, 4.69) is 30.7 Å². The van der Waals surface area contributed by atoms with Crippen LogP contribution in [0, 0.1) is 10.1 Å². The van der Waals surface area contributed by atoms with Gasteiger partial charge < -0.3 is 10.8 Å². The van der Waals surface area contributed by atoms with E-state index in [1.54, 1.807) is 0 Å². The van der Waals surface area contributed by atoms with Crippen molar-refractivity contribution in [2.75, 3.05) is 5.73 Å². The van der Waals surface area contributed by atoms with Crippen molar-refractivity contribution in [1.82, 2.24) is 0 Å². The fraction of sp³-hybridized carbons (Fsp3) is 0. The van der Waals surface area contributed by atoms with Crippen molar-refractivity contribution in [2.45, 2.75) is 9.79 Å². The van der Waals surface area contributed by atoms with Crippen LogP contribution >= 0.6 is 0 Å². The van der Waals surface area contributed by atoms with Gasteiger partial charge in [0.05, 0.1) is 38.3 Å². The molecular weight excluding hydrogens is 656 g/mol. The van der Waals surface area contributed by atoms with Crippen LogP contribution in [0.25, 0.3) is 10.8 Å². The second-order valence-corrected chi connectivity index (χ2v) is 12.3. The molecule has 5 aromatic rings. The molecule has 0 aliphatic carbocycles. The molecule has 0 saturated carbocycles. The van der Waals surface area contributed by atoms with Gasteiger partial charge in [0.15, 0.2) is 5.75 Å². The number of anilines is 1. The molecule has 0 spiro atoms. The van der Waals surface area contributed by atoms with Crippen LogP contribution in [0.15, 0.2) is 131 Å². The van der Waals surface area contributed by atoms with Gasteiger partial charge in [0.25, 0.3) is 25.9 Å². The number of azo groups is 3. The number of nitrogens with zero attached hydrogens (tertiary/aromatic N) is 7. The van der Waals surface area contributed by atoms with E-state index < -0.39 is 41.5 Å². The van der Waals surface area contributed by atoms with Crippen molar-refractivity contribution in [3.05, 3.63) is 101 Å². The van der Waals surface area contributed by atoms with E-state index in [1.165, 1.54) is 72.8 Å². The van der Waals surface area contributed by atoms with E-state index in [4.69, 9.17) is 10.3 Å². The number of phenolic OH excluding ortho intramolecular Hbond substituents is 1. The number of rotatable bonds is 9. The van der Waals surface area contributed by atoms with E-state index in [-0.39, 0.29) is 44.1 Å². The maximum absolute atomic E-state index is 12.4. The molecule has 5 N–H and O–H groups in total. The molecule has 47 heavy (non-hydrogen) atoms. The fourth-order valence-electron chi connectivity index (χ4n) is 4.07. The van der Waals surface area contributed by atoms with Crippen LogP contribution in [0.2, 0.25) is 0 Å². The van der Waals surface area contributed by atoms with Crippen molar-refractivity contribution in [3.8, 4) is 5.75 Å². The number of nitrogen functional groups attached to an aromatic ring is 1. The second kappa shape index (κ2) is 12.8. The number of non-ortho nitro benzene ring substituents is 1. The molecule has 0 atom stereocenters. The summed E-state index contributed by atoms with van der Waals surface area (Å²) in [6, 6.07) is 19.8. The summed E-state index contributed by atoms with van der Waals surface area (Å²) >= 11 is 0. The summed E-state index contributed by atoms with van der Waals surface area (Å²) in [6.45, 7) is 0. The molecule has 0 unspecified atom stereocenters. The molecular formula is C28H20N8O9S2. The number of phenols is 1. The summed E-state index contributed by atoms with van der Waals surface area (Å²) < 4.78 is 66.1. The summed E-state index contributed by atoms with van der Waals surface area (Å²) in [5.41, 5.74) is 6.42. The molecule has 0 bridgehead atoms. The summed E-state index contributed by atoms with van der Waals surface area (Å²) in [5, 5.41) is 45.9. The Morgan fingerprint density at radius 2 is 1.04 bits per heavy atom. The Balaban J connectivity index is 1.45. The lowest BCUT2D eigenvalue weighted by Crippen LogP contribution is -1.99. The van der Waals surface area contributed by atoms with Crippen LogP contribution in [0.3, 0.4) is 0 Å². The lowest BCUT2D eigenvalue weighted by atomic mass is 10.1. The summed E-state index contributed by atoms with van der Waals surface area (Å²) in [5.74, 6) is -0.656. The Kier molecular flexibility index (Phi) is 8.79. The minimum Gasteiger partial charge on any atom is -0.505 e. The van der Waals surface area contributed by atoms with E-state index in [0.29, 0.717) is 11.4 Å².